The third-order valence-corrected chi connectivity index (χ3v) is 2.84. The summed E-state index contributed by atoms with van der Waals surface area (Å²) in [5.41, 5.74) is 0. The molecule has 0 radical (unpaired) electrons. The van der Waals surface area contributed by atoms with E-state index in [9.17, 15) is 0 Å². The number of hydrogen-bond donors (Lipinski definition) is 1. The van der Waals surface area contributed by atoms with Crippen LogP contribution in [0.1, 0.15) is 59.3 Å². The number of alkyl halides is 3. The van der Waals surface area contributed by atoms with E-state index in [4.69, 9.17) is 39.9 Å². The molecule has 1 aliphatic carbocycles. The number of aliphatic hydroxyl groups is 1. The first-order valence-electron chi connectivity index (χ1n) is 7.17. The number of nitrogens with zero attached hydrogens (tertiary/aromatic N) is 1. The first kappa shape index (κ1) is 24.8. The smallest absolute Gasteiger partial charge is 0.180 e. The summed E-state index contributed by atoms with van der Waals surface area (Å²) in [7, 11) is 1.00. The Morgan fingerprint density at radius 3 is 0.947 bits per heavy atom. The fourth-order valence-electron chi connectivity index (χ4n) is 1.73. The Balaban J connectivity index is -0.000000195. The van der Waals surface area contributed by atoms with Gasteiger partial charge in [0.2, 0.25) is 0 Å². The van der Waals surface area contributed by atoms with Crippen LogP contribution < -0.4 is 0 Å². The Morgan fingerprint density at radius 1 is 0.737 bits per heavy atom. The van der Waals surface area contributed by atoms with Crippen LogP contribution in [0.3, 0.4) is 0 Å². The molecular formula is C14H32Cl3NO. The molecule has 0 bridgehead atoms. The minimum atomic E-state index is -0.750. The average Bonchev–Trinajstić information content (AvgIpc) is 2.45. The highest BCUT2D eigenvalue weighted by molar-refractivity contribution is 6.63. The van der Waals surface area contributed by atoms with Crippen molar-refractivity contribution in [3.05, 3.63) is 0 Å². The van der Waals surface area contributed by atoms with E-state index in [-0.39, 0.29) is 0 Å². The molecule has 1 N–H and O–H groups in total. The van der Waals surface area contributed by atoms with Crippen molar-refractivity contribution >= 4 is 34.8 Å². The van der Waals surface area contributed by atoms with Crippen LogP contribution in [0.25, 0.3) is 0 Å². The first-order valence-corrected chi connectivity index (χ1v) is 8.48. The number of aliphatic hydroxyl groups excluding tert-OH is 1. The molecule has 120 valence electrons. The molecule has 0 atom stereocenters. The van der Waals surface area contributed by atoms with Crippen molar-refractivity contribution in [2.45, 2.75) is 63.6 Å². The third-order valence-electron chi connectivity index (χ3n) is 2.84. The quantitative estimate of drug-likeness (QED) is 0.708. The molecule has 5 heteroatoms. The summed E-state index contributed by atoms with van der Waals surface area (Å²) < 4.78 is -0.750. The lowest BCUT2D eigenvalue weighted by Gasteiger charge is -2.13. The molecule has 1 rings (SSSR count). The van der Waals surface area contributed by atoms with Crippen molar-refractivity contribution in [2.75, 3.05) is 26.7 Å². The van der Waals surface area contributed by atoms with Crippen LogP contribution in [0.2, 0.25) is 0 Å². The summed E-state index contributed by atoms with van der Waals surface area (Å²) >= 11 is 14.4. The van der Waals surface area contributed by atoms with Crippen molar-refractivity contribution in [3.8, 4) is 0 Å². The van der Waals surface area contributed by atoms with Crippen LogP contribution in [0.4, 0.5) is 0 Å². The molecule has 19 heavy (non-hydrogen) atoms. The minimum Gasteiger partial charge on any atom is -0.400 e. The van der Waals surface area contributed by atoms with Gasteiger partial charge in [-0.2, -0.15) is 0 Å². The molecule has 0 spiro atoms. The van der Waals surface area contributed by atoms with Crippen molar-refractivity contribution in [2.24, 2.45) is 0 Å². The number of halogens is 3. The molecule has 0 aromatic heterocycles. The van der Waals surface area contributed by atoms with Crippen LogP contribution in [-0.4, -0.2) is 41.0 Å². The van der Waals surface area contributed by atoms with Gasteiger partial charge in [0.1, 0.15) is 0 Å². The van der Waals surface area contributed by atoms with Gasteiger partial charge in [-0.15, -0.1) is 0 Å². The monoisotopic (exact) mass is 335 g/mol. The zero-order valence-electron chi connectivity index (χ0n) is 13.0. The van der Waals surface area contributed by atoms with Crippen LogP contribution in [-0.2, 0) is 0 Å². The largest absolute Gasteiger partial charge is 0.400 e. The highest BCUT2D eigenvalue weighted by Gasteiger charge is 1.95. The van der Waals surface area contributed by atoms with E-state index < -0.39 is 4.30 Å². The predicted molar refractivity (Wildman–Crippen MR) is 90.7 cm³/mol. The second-order valence-electron chi connectivity index (χ2n) is 3.99. The maximum absolute atomic E-state index is 7.00. The average molecular weight is 337 g/mol. The van der Waals surface area contributed by atoms with Crippen LogP contribution >= 0.6 is 34.8 Å². The molecule has 1 aliphatic rings. The molecule has 0 aromatic carbocycles. The highest BCUT2D eigenvalue weighted by Crippen LogP contribution is 2.15. The van der Waals surface area contributed by atoms with E-state index in [2.05, 4.69) is 25.7 Å². The first-order chi connectivity index (χ1) is 9.08. The van der Waals surface area contributed by atoms with Gasteiger partial charge in [-0.3, -0.25) is 0 Å². The van der Waals surface area contributed by atoms with Gasteiger partial charge in [0, 0.05) is 7.11 Å². The van der Waals surface area contributed by atoms with Crippen molar-refractivity contribution in [1.29, 1.82) is 0 Å². The van der Waals surface area contributed by atoms with Crippen molar-refractivity contribution < 1.29 is 5.11 Å². The van der Waals surface area contributed by atoms with Gasteiger partial charge < -0.3 is 10.0 Å². The lowest BCUT2D eigenvalue weighted by Crippen LogP contribution is -2.21. The van der Waals surface area contributed by atoms with Crippen LogP contribution in [0, 0.1) is 0 Å². The summed E-state index contributed by atoms with van der Waals surface area (Å²) in [5.74, 6) is 0. The summed E-state index contributed by atoms with van der Waals surface area (Å²) in [6.07, 6.45) is 9.00. The molecule has 1 fully saturated rings. The van der Waals surface area contributed by atoms with Gasteiger partial charge >= 0.3 is 0 Å². The summed E-state index contributed by atoms with van der Waals surface area (Å²) in [5, 5.41) is 7.00. The van der Waals surface area contributed by atoms with E-state index in [1.807, 2.05) is 0 Å². The van der Waals surface area contributed by atoms with E-state index in [1.54, 1.807) is 0 Å². The van der Waals surface area contributed by atoms with Crippen LogP contribution in [0.5, 0.6) is 0 Å². The van der Waals surface area contributed by atoms with Crippen molar-refractivity contribution in [3.63, 3.8) is 0 Å². The zero-order chi connectivity index (χ0) is 15.5. The normalized spacial score (nSPS) is 13.6. The summed E-state index contributed by atoms with van der Waals surface area (Å²) in [6, 6.07) is 0. The zero-order valence-corrected chi connectivity index (χ0v) is 15.2. The molecule has 0 heterocycles. The Labute approximate surface area is 135 Å². The highest BCUT2D eigenvalue weighted by atomic mass is 35.6. The summed E-state index contributed by atoms with van der Waals surface area (Å²) in [4.78, 5) is 2.38. The number of rotatable bonds is 3. The fraction of sp³-hybridized carbons (Fsp3) is 1.00. The number of hydrogen-bond acceptors (Lipinski definition) is 2. The minimum absolute atomic E-state index is 0.750. The molecule has 0 amide bonds. The Hall–Kier alpha value is 0.790. The molecular weight excluding hydrogens is 305 g/mol. The van der Waals surface area contributed by atoms with E-state index in [0.717, 1.165) is 7.11 Å². The lowest BCUT2D eigenvalue weighted by molar-refractivity contribution is 0.321. The predicted octanol–water partition coefficient (Wildman–Crippen LogP) is 5.28. The van der Waals surface area contributed by atoms with E-state index in [0.29, 0.717) is 0 Å². The fourth-order valence-corrected chi connectivity index (χ4v) is 1.73. The molecule has 2 nitrogen and oxygen atoms in total. The molecule has 0 unspecified atom stereocenters. The molecule has 0 saturated heterocycles. The lowest BCUT2D eigenvalue weighted by atomic mass is 10.0. The summed E-state index contributed by atoms with van der Waals surface area (Å²) in [6.45, 7) is 10.1. The Bertz CT molecular complexity index is 110. The molecule has 1 saturated carbocycles. The van der Waals surface area contributed by atoms with E-state index in [1.165, 1.54) is 58.2 Å². The van der Waals surface area contributed by atoms with Gasteiger partial charge in [-0.05, 0) is 19.6 Å². The second-order valence-corrected chi connectivity index (χ2v) is 5.97. The molecule has 0 aliphatic heterocycles. The van der Waals surface area contributed by atoms with Gasteiger partial charge in [0.15, 0.2) is 4.30 Å². The van der Waals surface area contributed by atoms with Gasteiger partial charge in [0.05, 0.1) is 0 Å². The van der Waals surface area contributed by atoms with Gasteiger partial charge in [0.25, 0.3) is 0 Å². The topological polar surface area (TPSA) is 23.5 Å². The maximum Gasteiger partial charge on any atom is 0.180 e. The van der Waals surface area contributed by atoms with Crippen LogP contribution in [0.15, 0.2) is 0 Å². The third kappa shape index (κ3) is 32.4. The van der Waals surface area contributed by atoms with Gasteiger partial charge in [-0.25, -0.2) is 0 Å². The Morgan fingerprint density at radius 2 is 0.895 bits per heavy atom. The van der Waals surface area contributed by atoms with Gasteiger partial charge in [-0.1, -0.05) is 94.1 Å². The standard InChI is InChI=1S/C6H15N.C6H12.CHCl3.CH4O/c1-4-7(5-2)6-3;1-2-4-6-5-3-1;2-1(3)4;1-2/h4-6H2,1-3H3;1-6H2;1H;2H,1H3. The second kappa shape index (κ2) is 23.9. The maximum atomic E-state index is 7.00. The SMILES string of the molecule is C1CCCCC1.CCN(CC)CC.CO.ClC(Cl)Cl. The van der Waals surface area contributed by atoms with E-state index >= 15 is 0 Å². The van der Waals surface area contributed by atoms with Crippen molar-refractivity contribution in [1.82, 2.24) is 4.90 Å². The molecule has 0 aromatic rings. The Kier molecular flexibility index (Phi) is 31.1.